The summed E-state index contributed by atoms with van der Waals surface area (Å²) in [6, 6.07) is 3.07. The molecule has 1 aromatic heterocycles. The predicted molar refractivity (Wildman–Crippen MR) is 127 cm³/mol. The van der Waals surface area contributed by atoms with Crippen LogP contribution in [0.1, 0.15) is 50.4 Å². The van der Waals surface area contributed by atoms with Crippen molar-refractivity contribution in [2.45, 2.75) is 32.1 Å². The van der Waals surface area contributed by atoms with Crippen LogP contribution in [0.2, 0.25) is 0 Å². The quantitative estimate of drug-likeness (QED) is 0.366. The van der Waals surface area contributed by atoms with Gasteiger partial charge in [-0.2, -0.15) is 0 Å². The number of aryl methyl sites for hydroxylation is 1. The molecule has 0 atom stereocenters. The van der Waals surface area contributed by atoms with Gasteiger partial charge in [0.25, 0.3) is 5.91 Å². The lowest BCUT2D eigenvalue weighted by Crippen LogP contribution is -2.34. The number of rotatable bonds is 6. The van der Waals surface area contributed by atoms with E-state index in [-0.39, 0.29) is 10.7 Å². The first-order valence-corrected chi connectivity index (χ1v) is 11.3. The third-order valence-electron chi connectivity index (χ3n) is 5.19. The van der Waals surface area contributed by atoms with Crippen molar-refractivity contribution in [2.75, 3.05) is 33.8 Å². The molecule has 1 aromatic carbocycles. The van der Waals surface area contributed by atoms with Gasteiger partial charge in [-0.3, -0.25) is 10.1 Å². The minimum atomic E-state index is -0.459. The van der Waals surface area contributed by atoms with Crippen molar-refractivity contribution in [1.82, 2.24) is 5.32 Å². The maximum atomic E-state index is 12.8. The minimum Gasteiger partial charge on any atom is -0.493 e. The van der Waals surface area contributed by atoms with Crippen LogP contribution in [-0.4, -0.2) is 45.4 Å². The second-order valence-electron chi connectivity index (χ2n) is 7.08. The Balaban J connectivity index is 1.82. The van der Waals surface area contributed by atoms with Crippen molar-refractivity contribution in [3.63, 3.8) is 0 Å². The molecule has 0 saturated heterocycles. The van der Waals surface area contributed by atoms with Crippen molar-refractivity contribution in [1.29, 1.82) is 0 Å². The maximum Gasteiger partial charge on any atom is 0.341 e. The Morgan fingerprint density at radius 3 is 2.22 bits per heavy atom. The Labute approximate surface area is 196 Å². The van der Waals surface area contributed by atoms with Crippen molar-refractivity contribution >= 4 is 45.5 Å². The van der Waals surface area contributed by atoms with Crippen molar-refractivity contribution < 1.29 is 28.5 Å². The number of carbonyl (C=O) groups excluding carboxylic acids is 2. The number of fused-ring (bicyclic) bond motifs is 1. The third-order valence-corrected chi connectivity index (χ3v) is 6.60. The van der Waals surface area contributed by atoms with Gasteiger partial charge in [0, 0.05) is 10.4 Å². The zero-order chi connectivity index (χ0) is 23.3. The Bertz CT molecular complexity index is 1010. The van der Waals surface area contributed by atoms with Crippen LogP contribution < -0.4 is 24.8 Å². The van der Waals surface area contributed by atoms with Crippen molar-refractivity contribution in [2.24, 2.45) is 0 Å². The number of thiocarbonyl (C=S) groups is 1. The molecule has 10 heteroatoms. The van der Waals surface area contributed by atoms with Gasteiger partial charge in [-0.15, -0.1) is 11.3 Å². The second-order valence-corrected chi connectivity index (χ2v) is 8.60. The molecule has 3 rings (SSSR count). The molecule has 0 saturated carbocycles. The van der Waals surface area contributed by atoms with Crippen molar-refractivity contribution in [3.8, 4) is 17.2 Å². The first-order chi connectivity index (χ1) is 15.4. The van der Waals surface area contributed by atoms with Crippen LogP contribution in [0.5, 0.6) is 17.2 Å². The normalized spacial score (nSPS) is 12.8. The van der Waals surface area contributed by atoms with E-state index in [1.165, 1.54) is 51.9 Å². The highest BCUT2D eigenvalue weighted by molar-refractivity contribution is 7.80. The van der Waals surface area contributed by atoms with Crippen LogP contribution in [0.25, 0.3) is 0 Å². The summed E-state index contributed by atoms with van der Waals surface area (Å²) < 4.78 is 20.9. The van der Waals surface area contributed by atoms with E-state index >= 15 is 0 Å². The highest BCUT2D eigenvalue weighted by Crippen LogP contribution is 2.39. The molecule has 0 unspecified atom stereocenters. The number of ether oxygens (including phenoxy) is 4. The van der Waals surface area contributed by atoms with E-state index in [9.17, 15) is 9.59 Å². The van der Waals surface area contributed by atoms with Crippen LogP contribution in [0.15, 0.2) is 12.1 Å². The van der Waals surface area contributed by atoms with Gasteiger partial charge in [0.05, 0.1) is 34.0 Å². The predicted octanol–water partition coefficient (Wildman–Crippen LogP) is 3.96. The molecule has 1 aliphatic carbocycles. The molecule has 0 aliphatic heterocycles. The van der Waals surface area contributed by atoms with Crippen LogP contribution >= 0.6 is 23.6 Å². The monoisotopic (exact) mass is 478 g/mol. The van der Waals surface area contributed by atoms with Crippen LogP contribution in [0, 0.1) is 0 Å². The summed E-state index contributed by atoms with van der Waals surface area (Å²) in [6.45, 7) is 0. The van der Waals surface area contributed by atoms with E-state index in [4.69, 9.17) is 31.2 Å². The molecule has 1 aliphatic rings. The van der Waals surface area contributed by atoms with Gasteiger partial charge in [-0.05, 0) is 55.6 Å². The Morgan fingerprint density at radius 1 is 0.969 bits per heavy atom. The number of thiophene rings is 1. The first-order valence-electron chi connectivity index (χ1n) is 10.1. The van der Waals surface area contributed by atoms with Gasteiger partial charge in [0.1, 0.15) is 5.00 Å². The number of amides is 1. The molecule has 32 heavy (non-hydrogen) atoms. The summed E-state index contributed by atoms with van der Waals surface area (Å²) in [5.41, 5.74) is 1.79. The number of nitrogens with one attached hydrogen (secondary N) is 2. The van der Waals surface area contributed by atoms with E-state index in [1.807, 2.05) is 0 Å². The fraction of sp³-hybridized carbons (Fsp3) is 0.409. The van der Waals surface area contributed by atoms with E-state index in [0.29, 0.717) is 27.8 Å². The Morgan fingerprint density at radius 2 is 1.62 bits per heavy atom. The zero-order valence-corrected chi connectivity index (χ0v) is 20.1. The summed E-state index contributed by atoms with van der Waals surface area (Å²) in [7, 11) is 5.79. The standard InChI is InChI=1S/C22H26N2O6S2/c1-27-14-10-12(11-15(28-2)18(14)29-3)19(25)23-22(31)24-20-17(21(26)30-4)13-8-6-5-7-9-16(13)32-20/h10-11H,5-9H2,1-4H3,(H2,23,24,25,31). The molecule has 0 spiro atoms. The first kappa shape index (κ1) is 23.8. The lowest BCUT2D eigenvalue weighted by molar-refractivity contribution is 0.0601. The average Bonchev–Trinajstić information content (AvgIpc) is 2.96. The largest absolute Gasteiger partial charge is 0.493 e. The van der Waals surface area contributed by atoms with Crippen LogP contribution in [-0.2, 0) is 17.6 Å². The van der Waals surface area contributed by atoms with Crippen LogP contribution in [0.4, 0.5) is 5.00 Å². The number of anilines is 1. The molecule has 2 N–H and O–H groups in total. The smallest absolute Gasteiger partial charge is 0.341 e. The van der Waals surface area contributed by atoms with E-state index in [1.54, 1.807) is 0 Å². The molecule has 0 bridgehead atoms. The van der Waals surface area contributed by atoms with E-state index in [2.05, 4.69) is 10.6 Å². The van der Waals surface area contributed by atoms with Gasteiger partial charge < -0.3 is 24.3 Å². The summed E-state index contributed by atoms with van der Waals surface area (Å²) in [5, 5.41) is 6.32. The molecular formula is C22H26N2O6S2. The lowest BCUT2D eigenvalue weighted by Gasteiger charge is -2.14. The number of methoxy groups -OCH3 is 4. The number of benzene rings is 1. The lowest BCUT2D eigenvalue weighted by atomic mass is 10.1. The summed E-state index contributed by atoms with van der Waals surface area (Å²) in [6.07, 6.45) is 4.97. The highest BCUT2D eigenvalue weighted by atomic mass is 32.1. The van der Waals surface area contributed by atoms with Gasteiger partial charge in [-0.1, -0.05) is 6.42 Å². The molecule has 1 amide bonds. The topological polar surface area (TPSA) is 95.1 Å². The van der Waals surface area contributed by atoms with E-state index in [0.717, 1.165) is 42.5 Å². The van der Waals surface area contributed by atoms with Gasteiger partial charge in [0.2, 0.25) is 5.75 Å². The molecule has 2 aromatic rings. The molecule has 1 heterocycles. The number of carbonyl (C=O) groups is 2. The second kappa shape index (κ2) is 10.6. The minimum absolute atomic E-state index is 0.0744. The molecule has 172 valence electrons. The van der Waals surface area contributed by atoms with Crippen molar-refractivity contribution in [3.05, 3.63) is 33.7 Å². The third kappa shape index (κ3) is 4.97. The molecule has 0 fully saturated rings. The average molecular weight is 479 g/mol. The molecular weight excluding hydrogens is 452 g/mol. The fourth-order valence-electron chi connectivity index (χ4n) is 3.67. The van der Waals surface area contributed by atoms with Gasteiger partial charge in [-0.25, -0.2) is 4.79 Å². The van der Waals surface area contributed by atoms with Gasteiger partial charge >= 0.3 is 5.97 Å². The highest BCUT2D eigenvalue weighted by Gasteiger charge is 2.26. The summed E-state index contributed by atoms with van der Waals surface area (Å²) in [5.74, 6) is 0.219. The maximum absolute atomic E-state index is 12.8. The summed E-state index contributed by atoms with van der Waals surface area (Å²) >= 11 is 6.84. The number of hydrogen-bond acceptors (Lipinski definition) is 8. The number of hydrogen-bond donors (Lipinski definition) is 2. The number of esters is 1. The summed E-state index contributed by atoms with van der Waals surface area (Å²) in [4.78, 5) is 26.5. The SMILES string of the molecule is COC(=O)c1c(NC(=S)NC(=O)c2cc(OC)c(OC)c(OC)c2)sc2c1CCCCC2. The zero-order valence-electron chi connectivity index (χ0n) is 18.5. The molecule has 8 nitrogen and oxygen atoms in total. The molecule has 0 radical (unpaired) electrons. The fourth-order valence-corrected chi connectivity index (χ4v) is 5.21. The Hall–Kier alpha value is -2.85. The Kier molecular flexibility index (Phi) is 7.92. The van der Waals surface area contributed by atoms with E-state index < -0.39 is 11.9 Å². The van der Waals surface area contributed by atoms with Crippen LogP contribution in [0.3, 0.4) is 0 Å². The van der Waals surface area contributed by atoms with Gasteiger partial charge in [0.15, 0.2) is 16.6 Å².